The van der Waals surface area contributed by atoms with Crippen LogP contribution in [0.3, 0.4) is 0 Å². The molecule has 106 valence electrons. The molecule has 0 aliphatic heterocycles. The minimum Gasteiger partial charge on any atom is -0.489 e. The van der Waals surface area contributed by atoms with Crippen molar-refractivity contribution in [2.75, 3.05) is 6.54 Å². The SMILES string of the molecule is CCNC(C)c1cc(C)ccc1OCc1ccncc1. The highest BCUT2D eigenvalue weighted by molar-refractivity contribution is 5.39. The Kier molecular flexibility index (Phi) is 5.13. The van der Waals surface area contributed by atoms with Gasteiger partial charge in [0.25, 0.3) is 0 Å². The number of rotatable bonds is 6. The van der Waals surface area contributed by atoms with Gasteiger partial charge in [0.15, 0.2) is 0 Å². The average Bonchev–Trinajstić information content (AvgIpc) is 2.47. The third-order valence-corrected chi connectivity index (χ3v) is 3.29. The quantitative estimate of drug-likeness (QED) is 0.870. The number of aromatic nitrogens is 1. The van der Waals surface area contributed by atoms with E-state index in [1.807, 2.05) is 12.1 Å². The Morgan fingerprint density at radius 2 is 1.95 bits per heavy atom. The van der Waals surface area contributed by atoms with Crippen LogP contribution < -0.4 is 10.1 Å². The van der Waals surface area contributed by atoms with Gasteiger partial charge in [-0.15, -0.1) is 0 Å². The van der Waals surface area contributed by atoms with Gasteiger partial charge < -0.3 is 10.1 Å². The maximum Gasteiger partial charge on any atom is 0.124 e. The number of nitrogens with zero attached hydrogens (tertiary/aromatic N) is 1. The molecule has 1 atom stereocenters. The first kappa shape index (κ1) is 14.5. The number of benzene rings is 1. The lowest BCUT2D eigenvalue weighted by molar-refractivity contribution is 0.299. The molecule has 2 rings (SSSR count). The van der Waals surface area contributed by atoms with E-state index in [-0.39, 0.29) is 6.04 Å². The normalized spacial score (nSPS) is 12.2. The van der Waals surface area contributed by atoms with Crippen molar-refractivity contribution in [1.82, 2.24) is 10.3 Å². The summed E-state index contributed by atoms with van der Waals surface area (Å²) in [6.07, 6.45) is 3.58. The Balaban J connectivity index is 2.14. The Hall–Kier alpha value is -1.87. The number of nitrogens with one attached hydrogen (secondary N) is 1. The molecule has 0 saturated carbocycles. The van der Waals surface area contributed by atoms with Gasteiger partial charge in [0.1, 0.15) is 12.4 Å². The van der Waals surface area contributed by atoms with Gasteiger partial charge in [0.2, 0.25) is 0 Å². The van der Waals surface area contributed by atoms with Crippen LogP contribution in [0.5, 0.6) is 5.75 Å². The number of hydrogen-bond acceptors (Lipinski definition) is 3. The van der Waals surface area contributed by atoms with Gasteiger partial charge in [0.05, 0.1) is 0 Å². The van der Waals surface area contributed by atoms with E-state index in [2.05, 4.69) is 49.3 Å². The summed E-state index contributed by atoms with van der Waals surface area (Å²) in [5, 5.41) is 3.44. The first-order valence-electron chi connectivity index (χ1n) is 7.06. The maximum absolute atomic E-state index is 5.98. The predicted octanol–water partition coefficient (Wildman–Crippen LogP) is 3.64. The number of hydrogen-bond donors (Lipinski definition) is 1. The number of pyridine rings is 1. The van der Waals surface area contributed by atoms with Gasteiger partial charge in [-0.1, -0.05) is 24.6 Å². The van der Waals surface area contributed by atoms with Crippen molar-refractivity contribution in [1.29, 1.82) is 0 Å². The monoisotopic (exact) mass is 270 g/mol. The van der Waals surface area contributed by atoms with Crippen molar-refractivity contribution in [3.8, 4) is 5.75 Å². The van der Waals surface area contributed by atoms with Crippen molar-refractivity contribution in [3.05, 3.63) is 59.4 Å². The zero-order valence-electron chi connectivity index (χ0n) is 12.4. The van der Waals surface area contributed by atoms with Crippen LogP contribution in [-0.4, -0.2) is 11.5 Å². The highest BCUT2D eigenvalue weighted by atomic mass is 16.5. The van der Waals surface area contributed by atoms with Crippen LogP contribution in [0.1, 0.15) is 36.6 Å². The molecule has 0 aliphatic carbocycles. The molecule has 1 aromatic carbocycles. The summed E-state index contributed by atoms with van der Waals surface area (Å²) >= 11 is 0. The smallest absolute Gasteiger partial charge is 0.124 e. The minimum atomic E-state index is 0.285. The van der Waals surface area contributed by atoms with E-state index in [1.54, 1.807) is 12.4 Å². The van der Waals surface area contributed by atoms with Crippen molar-refractivity contribution in [3.63, 3.8) is 0 Å². The summed E-state index contributed by atoms with van der Waals surface area (Å²) < 4.78 is 5.98. The van der Waals surface area contributed by atoms with Crippen LogP contribution in [0.25, 0.3) is 0 Å². The molecule has 20 heavy (non-hydrogen) atoms. The van der Waals surface area contributed by atoms with E-state index < -0.39 is 0 Å². The molecule has 0 spiro atoms. The number of aryl methyl sites for hydroxylation is 1. The van der Waals surface area contributed by atoms with Gasteiger partial charge in [-0.2, -0.15) is 0 Å². The van der Waals surface area contributed by atoms with Crippen LogP contribution in [0.15, 0.2) is 42.7 Å². The second kappa shape index (κ2) is 7.06. The summed E-state index contributed by atoms with van der Waals surface area (Å²) in [5.74, 6) is 0.945. The average molecular weight is 270 g/mol. The molecular formula is C17H22N2O. The third kappa shape index (κ3) is 3.81. The largest absolute Gasteiger partial charge is 0.489 e. The van der Waals surface area contributed by atoms with Gasteiger partial charge in [-0.05, 0) is 44.2 Å². The summed E-state index contributed by atoms with van der Waals surface area (Å²) in [7, 11) is 0. The highest BCUT2D eigenvalue weighted by Gasteiger charge is 2.11. The molecule has 0 fully saturated rings. The third-order valence-electron chi connectivity index (χ3n) is 3.29. The van der Waals surface area contributed by atoms with E-state index in [9.17, 15) is 0 Å². The lowest BCUT2D eigenvalue weighted by atomic mass is 10.0. The van der Waals surface area contributed by atoms with E-state index in [4.69, 9.17) is 4.74 Å². The molecule has 1 N–H and O–H groups in total. The first-order chi connectivity index (χ1) is 9.70. The predicted molar refractivity (Wildman–Crippen MR) is 81.8 cm³/mol. The molecule has 0 amide bonds. The summed E-state index contributed by atoms with van der Waals surface area (Å²) in [5.41, 5.74) is 3.59. The lowest BCUT2D eigenvalue weighted by Gasteiger charge is -2.18. The molecule has 1 heterocycles. The van der Waals surface area contributed by atoms with Gasteiger partial charge in [-0.3, -0.25) is 4.98 Å². The van der Waals surface area contributed by atoms with Crippen LogP contribution in [0.4, 0.5) is 0 Å². The second-order valence-electron chi connectivity index (χ2n) is 4.96. The zero-order chi connectivity index (χ0) is 14.4. The molecule has 3 heteroatoms. The Labute approximate surface area is 121 Å². The fourth-order valence-corrected chi connectivity index (χ4v) is 2.19. The van der Waals surface area contributed by atoms with E-state index in [1.165, 1.54) is 11.1 Å². The molecule has 0 aliphatic rings. The number of ether oxygens (including phenoxy) is 1. The fourth-order valence-electron chi connectivity index (χ4n) is 2.19. The Bertz CT molecular complexity index is 540. The molecule has 3 nitrogen and oxygen atoms in total. The Morgan fingerprint density at radius 1 is 1.20 bits per heavy atom. The van der Waals surface area contributed by atoms with Crippen molar-refractivity contribution >= 4 is 0 Å². The van der Waals surface area contributed by atoms with Crippen molar-refractivity contribution < 1.29 is 4.74 Å². The van der Waals surface area contributed by atoms with Crippen LogP contribution in [-0.2, 0) is 6.61 Å². The van der Waals surface area contributed by atoms with Crippen LogP contribution in [0, 0.1) is 6.92 Å². The molecule has 0 radical (unpaired) electrons. The van der Waals surface area contributed by atoms with E-state index in [0.717, 1.165) is 17.9 Å². The molecule has 0 saturated heterocycles. The Morgan fingerprint density at radius 3 is 2.65 bits per heavy atom. The summed E-state index contributed by atoms with van der Waals surface area (Å²) in [4.78, 5) is 4.02. The molecule has 0 bridgehead atoms. The van der Waals surface area contributed by atoms with Gasteiger partial charge in [0, 0.05) is 24.0 Å². The first-order valence-corrected chi connectivity index (χ1v) is 7.06. The van der Waals surface area contributed by atoms with E-state index in [0.29, 0.717) is 6.61 Å². The molecule has 1 aromatic heterocycles. The van der Waals surface area contributed by atoms with Crippen molar-refractivity contribution in [2.24, 2.45) is 0 Å². The highest BCUT2D eigenvalue weighted by Crippen LogP contribution is 2.27. The minimum absolute atomic E-state index is 0.285. The zero-order valence-corrected chi connectivity index (χ0v) is 12.4. The van der Waals surface area contributed by atoms with Gasteiger partial charge in [-0.25, -0.2) is 0 Å². The van der Waals surface area contributed by atoms with Crippen LogP contribution >= 0.6 is 0 Å². The van der Waals surface area contributed by atoms with Crippen LogP contribution in [0.2, 0.25) is 0 Å². The molecule has 2 aromatic rings. The van der Waals surface area contributed by atoms with E-state index >= 15 is 0 Å². The standard InChI is InChI=1S/C17H22N2O/c1-4-19-14(3)16-11-13(2)5-6-17(16)20-12-15-7-9-18-10-8-15/h5-11,14,19H,4,12H2,1-3H3. The second-order valence-corrected chi connectivity index (χ2v) is 4.96. The maximum atomic E-state index is 5.98. The van der Waals surface area contributed by atoms with Crippen molar-refractivity contribution in [2.45, 2.75) is 33.4 Å². The molecular weight excluding hydrogens is 248 g/mol. The molecule has 1 unspecified atom stereocenters. The lowest BCUT2D eigenvalue weighted by Crippen LogP contribution is -2.18. The summed E-state index contributed by atoms with van der Waals surface area (Å²) in [6, 6.07) is 10.6. The fraction of sp³-hybridized carbons (Fsp3) is 0.353. The van der Waals surface area contributed by atoms with Gasteiger partial charge >= 0.3 is 0 Å². The topological polar surface area (TPSA) is 34.1 Å². The summed E-state index contributed by atoms with van der Waals surface area (Å²) in [6.45, 7) is 7.90.